The van der Waals surface area contributed by atoms with Crippen molar-refractivity contribution in [3.8, 4) is 5.75 Å². The fourth-order valence-corrected chi connectivity index (χ4v) is 6.43. The SMILES string of the molecule is COc1cccc([C@H]2[C@H](C(C)=O)N3c4cc(C)ccc4C=CC3C23C(=O)c2ccccc2C3=O)c1. The first kappa shape index (κ1) is 21.5. The number of methoxy groups -OCH3 is 1. The van der Waals surface area contributed by atoms with E-state index in [1.165, 1.54) is 0 Å². The van der Waals surface area contributed by atoms with Crippen LogP contribution in [0.4, 0.5) is 5.69 Å². The van der Waals surface area contributed by atoms with Crippen LogP contribution in [-0.2, 0) is 4.79 Å². The molecule has 0 N–H and O–H groups in total. The lowest BCUT2D eigenvalue weighted by Gasteiger charge is -2.37. The Morgan fingerprint density at radius 1 is 0.943 bits per heavy atom. The number of aryl methyl sites for hydroxylation is 1. The molecule has 2 heterocycles. The van der Waals surface area contributed by atoms with Gasteiger partial charge in [0.2, 0.25) is 0 Å². The highest BCUT2D eigenvalue weighted by atomic mass is 16.5. The standard InChI is InChI=1S/C30H25NO4/c1-17-11-12-19-13-14-25-30(28(33)22-9-4-5-10-23(22)29(30)34)26(20-7-6-8-21(16-20)35-3)27(18(2)32)31(25)24(19)15-17/h4-16,25-27H,1-3H3/t25?,26-,27-/m0/s1. The first-order valence-corrected chi connectivity index (χ1v) is 11.8. The number of carbonyl (C=O) groups excluding carboxylic acids is 3. The molecule has 5 heteroatoms. The van der Waals surface area contributed by atoms with E-state index in [1.54, 1.807) is 38.3 Å². The van der Waals surface area contributed by atoms with Crippen molar-refractivity contribution in [3.05, 3.63) is 101 Å². The third-order valence-corrected chi connectivity index (χ3v) is 7.83. The van der Waals surface area contributed by atoms with Gasteiger partial charge in [-0.1, -0.05) is 60.7 Å². The van der Waals surface area contributed by atoms with Crippen LogP contribution in [0.1, 0.15) is 50.2 Å². The summed E-state index contributed by atoms with van der Waals surface area (Å²) in [5.41, 5.74) is 3.04. The lowest BCUT2D eigenvalue weighted by Crippen LogP contribution is -2.48. The summed E-state index contributed by atoms with van der Waals surface area (Å²) >= 11 is 0. The van der Waals surface area contributed by atoms with Gasteiger partial charge in [0.1, 0.15) is 11.2 Å². The van der Waals surface area contributed by atoms with Gasteiger partial charge in [0.05, 0.1) is 19.2 Å². The van der Waals surface area contributed by atoms with Gasteiger partial charge in [0.25, 0.3) is 0 Å². The van der Waals surface area contributed by atoms with E-state index in [9.17, 15) is 14.4 Å². The maximum Gasteiger partial charge on any atom is 0.180 e. The van der Waals surface area contributed by atoms with Crippen LogP contribution in [0.2, 0.25) is 0 Å². The van der Waals surface area contributed by atoms with Gasteiger partial charge in [-0.25, -0.2) is 0 Å². The molecule has 0 radical (unpaired) electrons. The molecule has 3 atom stereocenters. The Morgan fingerprint density at radius 2 is 1.66 bits per heavy atom. The van der Waals surface area contributed by atoms with E-state index in [-0.39, 0.29) is 17.3 Å². The van der Waals surface area contributed by atoms with Gasteiger partial charge in [0.15, 0.2) is 17.3 Å². The Balaban J connectivity index is 1.69. The van der Waals surface area contributed by atoms with Crippen LogP contribution < -0.4 is 9.64 Å². The number of ether oxygens (including phenoxy) is 1. The fraction of sp³-hybridized carbons (Fsp3) is 0.233. The first-order chi connectivity index (χ1) is 16.9. The predicted octanol–water partition coefficient (Wildman–Crippen LogP) is 5.03. The van der Waals surface area contributed by atoms with Gasteiger partial charge >= 0.3 is 0 Å². The summed E-state index contributed by atoms with van der Waals surface area (Å²) in [6.45, 7) is 3.56. The minimum absolute atomic E-state index is 0.0843. The predicted molar refractivity (Wildman–Crippen MR) is 134 cm³/mol. The quantitative estimate of drug-likeness (QED) is 0.510. The molecule has 35 heavy (non-hydrogen) atoms. The molecule has 1 unspecified atom stereocenters. The molecule has 0 aromatic heterocycles. The Labute approximate surface area is 204 Å². The number of benzene rings is 3. The molecular formula is C30H25NO4. The molecule has 0 saturated carbocycles. The summed E-state index contributed by atoms with van der Waals surface area (Å²) < 4.78 is 5.49. The molecule has 1 aliphatic carbocycles. The zero-order chi connectivity index (χ0) is 24.5. The molecule has 174 valence electrons. The van der Waals surface area contributed by atoms with E-state index in [0.717, 1.165) is 22.4 Å². The number of carbonyl (C=O) groups is 3. The lowest BCUT2D eigenvalue weighted by molar-refractivity contribution is -0.118. The van der Waals surface area contributed by atoms with Crippen molar-refractivity contribution in [2.45, 2.75) is 31.8 Å². The Kier molecular flexibility index (Phi) is 4.62. The topological polar surface area (TPSA) is 63.7 Å². The number of nitrogens with zero attached hydrogens (tertiary/aromatic N) is 1. The Morgan fingerprint density at radius 3 is 2.31 bits per heavy atom. The average Bonchev–Trinajstić information content (AvgIpc) is 3.31. The Hall–Kier alpha value is -3.99. The normalized spacial score (nSPS) is 23.3. The van der Waals surface area contributed by atoms with E-state index in [2.05, 4.69) is 0 Å². The highest BCUT2D eigenvalue weighted by Crippen LogP contribution is 2.60. The summed E-state index contributed by atoms with van der Waals surface area (Å²) in [4.78, 5) is 44.2. The van der Waals surface area contributed by atoms with E-state index in [1.807, 2.05) is 66.4 Å². The summed E-state index contributed by atoms with van der Waals surface area (Å²) in [6, 6.07) is 19.3. The zero-order valence-electron chi connectivity index (χ0n) is 19.8. The van der Waals surface area contributed by atoms with Crippen LogP contribution in [0.3, 0.4) is 0 Å². The maximum absolute atomic E-state index is 14.3. The number of fused-ring (bicyclic) bond motifs is 5. The second kappa shape index (κ2) is 7.51. The number of hydrogen-bond donors (Lipinski definition) is 0. The number of Topliss-reactive ketones (excluding diaryl/α,β-unsaturated/α-hetero) is 3. The maximum atomic E-state index is 14.3. The molecule has 1 fully saturated rings. The van der Waals surface area contributed by atoms with Gasteiger partial charge in [0, 0.05) is 22.7 Å². The van der Waals surface area contributed by atoms with Gasteiger partial charge < -0.3 is 9.64 Å². The minimum Gasteiger partial charge on any atom is -0.497 e. The van der Waals surface area contributed by atoms with Gasteiger partial charge in [-0.05, 0) is 48.7 Å². The van der Waals surface area contributed by atoms with Crippen molar-refractivity contribution in [3.63, 3.8) is 0 Å². The lowest BCUT2D eigenvalue weighted by atomic mass is 9.64. The molecule has 2 aliphatic heterocycles. The first-order valence-electron chi connectivity index (χ1n) is 11.8. The molecule has 3 aliphatic rings. The van der Waals surface area contributed by atoms with Gasteiger partial charge in [-0.15, -0.1) is 0 Å². The summed E-state index contributed by atoms with van der Waals surface area (Å²) in [5.74, 6) is -0.578. The molecule has 1 spiro atoms. The molecule has 3 aromatic carbocycles. The monoisotopic (exact) mass is 463 g/mol. The molecule has 0 amide bonds. The van der Waals surface area contributed by atoms with E-state index < -0.39 is 23.4 Å². The molecule has 0 bridgehead atoms. The molecule has 1 saturated heterocycles. The molecular weight excluding hydrogens is 438 g/mol. The third kappa shape index (κ3) is 2.72. The van der Waals surface area contributed by atoms with Crippen molar-refractivity contribution in [2.75, 3.05) is 12.0 Å². The van der Waals surface area contributed by atoms with Crippen molar-refractivity contribution < 1.29 is 19.1 Å². The van der Waals surface area contributed by atoms with Crippen molar-refractivity contribution in [1.82, 2.24) is 0 Å². The van der Waals surface area contributed by atoms with Crippen LogP contribution >= 0.6 is 0 Å². The van der Waals surface area contributed by atoms with Crippen LogP contribution in [0.15, 0.2) is 72.8 Å². The zero-order valence-corrected chi connectivity index (χ0v) is 19.8. The Bertz CT molecular complexity index is 1420. The van der Waals surface area contributed by atoms with Crippen LogP contribution in [0.5, 0.6) is 5.75 Å². The number of ketones is 3. The summed E-state index contributed by atoms with van der Waals surface area (Å²) in [7, 11) is 1.58. The molecule has 3 aromatic rings. The smallest absolute Gasteiger partial charge is 0.180 e. The number of anilines is 1. The largest absolute Gasteiger partial charge is 0.497 e. The van der Waals surface area contributed by atoms with Crippen LogP contribution in [0.25, 0.3) is 6.08 Å². The minimum atomic E-state index is -1.45. The van der Waals surface area contributed by atoms with Gasteiger partial charge in [-0.3, -0.25) is 14.4 Å². The number of hydrogen-bond acceptors (Lipinski definition) is 5. The summed E-state index contributed by atoms with van der Waals surface area (Å²) in [6.07, 6.45) is 3.92. The molecule has 6 rings (SSSR count). The summed E-state index contributed by atoms with van der Waals surface area (Å²) in [5, 5.41) is 0. The van der Waals surface area contributed by atoms with E-state index in [4.69, 9.17) is 4.74 Å². The third-order valence-electron chi connectivity index (χ3n) is 7.83. The highest BCUT2D eigenvalue weighted by Gasteiger charge is 2.71. The van der Waals surface area contributed by atoms with Crippen molar-refractivity contribution in [2.24, 2.45) is 5.41 Å². The number of rotatable bonds is 3. The van der Waals surface area contributed by atoms with Crippen LogP contribution in [-0.4, -0.2) is 36.5 Å². The van der Waals surface area contributed by atoms with E-state index in [0.29, 0.717) is 16.9 Å². The van der Waals surface area contributed by atoms with Crippen molar-refractivity contribution >= 4 is 29.1 Å². The second-order valence-electron chi connectivity index (χ2n) is 9.66. The fourth-order valence-electron chi connectivity index (χ4n) is 6.43. The highest BCUT2D eigenvalue weighted by molar-refractivity contribution is 6.32. The average molecular weight is 464 g/mol. The second-order valence-corrected chi connectivity index (χ2v) is 9.66. The molecule has 5 nitrogen and oxygen atoms in total. The van der Waals surface area contributed by atoms with E-state index >= 15 is 0 Å². The van der Waals surface area contributed by atoms with Crippen molar-refractivity contribution in [1.29, 1.82) is 0 Å². The van der Waals surface area contributed by atoms with Gasteiger partial charge in [-0.2, -0.15) is 0 Å². The van der Waals surface area contributed by atoms with Crippen LogP contribution in [0, 0.1) is 12.3 Å².